The number of para-hydroxylation sites is 1. The quantitative estimate of drug-likeness (QED) is 0.303. The summed E-state index contributed by atoms with van der Waals surface area (Å²) in [6.07, 6.45) is -0.421. The molecule has 0 saturated carbocycles. The monoisotopic (exact) mass is 579 g/mol. The third-order valence-electron chi connectivity index (χ3n) is 5.93. The molecule has 0 aliphatic rings. The van der Waals surface area contributed by atoms with E-state index in [4.69, 9.17) is 14.0 Å². The molecule has 0 aliphatic heterocycles. The Balaban J connectivity index is 2.08. The van der Waals surface area contributed by atoms with Crippen LogP contribution in [0.25, 0.3) is 0 Å². The summed E-state index contributed by atoms with van der Waals surface area (Å²) in [5, 5.41) is 12.0. The maximum atomic E-state index is 14.0. The predicted molar refractivity (Wildman–Crippen MR) is 158 cm³/mol. The molecular weight excluding hydrogens is 542 g/mol. The molecule has 2 aromatic carbocycles. The Bertz CT molecular complexity index is 1430. The number of hydrogen-bond acceptors (Lipinski definition) is 8. The minimum atomic E-state index is -1.21. The van der Waals surface area contributed by atoms with E-state index in [0.717, 1.165) is 0 Å². The Kier molecular flexibility index (Phi) is 10.3. The van der Waals surface area contributed by atoms with Gasteiger partial charge in [-0.3, -0.25) is 24.1 Å². The van der Waals surface area contributed by atoms with Gasteiger partial charge in [0.15, 0.2) is 17.3 Å². The first-order chi connectivity index (χ1) is 19.8. The van der Waals surface area contributed by atoms with E-state index in [2.05, 4.69) is 21.1 Å². The number of carbonyl (C=O) groups is 4. The van der Waals surface area contributed by atoms with Crippen molar-refractivity contribution in [3.63, 3.8) is 0 Å². The van der Waals surface area contributed by atoms with Gasteiger partial charge < -0.3 is 29.9 Å². The molecule has 0 radical (unpaired) electrons. The molecule has 0 unspecified atom stereocenters. The molecule has 42 heavy (non-hydrogen) atoms. The molecule has 0 aliphatic carbocycles. The lowest BCUT2D eigenvalue weighted by Crippen LogP contribution is -2.49. The number of anilines is 3. The summed E-state index contributed by atoms with van der Waals surface area (Å²) >= 11 is 0. The van der Waals surface area contributed by atoms with E-state index in [9.17, 15) is 19.2 Å². The molecule has 224 valence electrons. The lowest BCUT2D eigenvalue weighted by Gasteiger charge is -2.34. The number of nitrogens with zero attached hydrogens (tertiary/aromatic N) is 2. The van der Waals surface area contributed by atoms with Crippen LogP contribution in [-0.2, 0) is 19.2 Å². The van der Waals surface area contributed by atoms with Crippen LogP contribution >= 0.6 is 0 Å². The average Bonchev–Trinajstić information content (AvgIpc) is 3.33. The van der Waals surface area contributed by atoms with Gasteiger partial charge in [0.25, 0.3) is 0 Å². The smallest absolute Gasteiger partial charge is 0.248 e. The van der Waals surface area contributed by atoms with E-state index < -0.39 is 29.3 Å². The zero-order chi connectivity index (χ0) is 31.0. The first kappa shape index (κ1) is 31.7. The zero-order valence-electron chi connectivity index (χ0n) is 24.9. The van der Waals surface area contributed by atoms with Gasteiger partial charge in [-0.05, 0) is 58.0 Å². The van der Waals surface area contributed by atoms with Gasteiger partial charge in [0.05, 0.1) is 14.2 Å². The van der Waals surface area contributed by atoms with Gasteiger partial charge in [-0.25, -0.2) is 0 Å². The van der Waals surface area contributed by atoms with Gasteiger partial charge in [0, 0.05) is 48.3 Å². The van der Waals surface area contributed by atoms with Crippen molar-refractivity contribution in [2.24, 2.45) is 0 Å². The molecule has 12 heteroatoms. The van der Waals surface area contributed by atoms with Crippen LogP contribution in [0, 0.1) is 6.92 Å². The highest BCUT2D eigenvalue weighted by Gasteiger charge is 2.37. The van der Waals surface area contributed by atoms with Gasteiger partial charge in [-0.2, -0.15) is 0 Å². The fourth-order valence-electron chi connectivity index (χ4n) is 4.28. The third-order valence-corrected chi connectivity index (χ3v) is 5.93. The highest BCUT2D eigenvalue weighted by Crippen LogP contribution is 2.39. The van der Waals surface area contributed by atoms with Crippen molar-refractivity contribution in [1.82, 2.24) is 10.5 Å². The van der Waals surface area contributed by atoms with Crippen molar-refractivity contribution < 1.29 is 33.2 Å². The highest BCUT2D eigenvalue weighted by atomic mass is 16.5. The van der Waals surface area contributed by atoms with Crippen molar-refractivity contribution in [2.75, 3.05) is 29.8 Å². The number of nitrogens with one attached hydrogen (secondary N) is 3. The highest BCUT2D eigenvalue weighted by molar-refractivity contribution is 6.03. The van der Waals surface area contributed by atoms with E-state index in [1.54, 1.807) is 55.5 Å². The number of benzene rings is 2. The van der Waals surface area contributed by atoms with E-state index in [1.165, 1.54) is 26.0 Å². The number of ether oxygens (including phenoxy) is 2. The summed E-state index contributed by atoms with van der Waals surface area (Å²) in [7, 11) is 2.93. The Hall–Kier alpha value is -4.87. The number of aromatic nitrogens is 1. The number of aryl methyl sites for hydroxylation is 1. The van der Waals surface area contributed by atoms with Gasteiger partial charge >= 0.3 is 0 Å². The Morgan fingerprint density at radius 1 is 0.976 bits per heavy atom. The van der Waals surface area contributed by atoms with Crippen molar-refractivity contribution in [2.45, 2.75) is 59.0 Å². The molecule has 0 spiro atoms. The van der Waals surface area contributed by atoms with Gasteiger partial charge in [-0.1, -0.05) is 17.3 Å². The molecule has 12 nitrogen and oxygen atoms in total. The normalized spacial score (nSPS) is 11.7. The largest absolute Gasteiger partial charge is 0.493 e. The third kappa shape index (κ3) is 8.32. The fourth-order valence-corrected chi connectivity index (χ4v) is 4.28. The van der Waals surface area contributed by atoms with Crippen LogP contribution in [0.2, 0.25) is 0 Å². The lowest BCUT2D eigenvalue weighted by atomic mass is 9.98. The first-order valence-corrected chi connectivity index (χ1v) is 13.3. The molecule has 0 saturated heterocycles. The number of amides is 4. The van der Waals surface area contributed by atoms with Crippen molar-refractivity contribution in [1.29, 1.82) is 0 Å². The number of hydrogen-bond donors (Lipinski definition) is 3. The molecule has 3 N–H and O–H groups in total. The minimum absolute atomic E-state index is 0.186. The van der Waals surface area contributed by atoms with Crippen LogP contribution in [0.15, 0.2) is 53.1 Å². The number of rotatable bonds is 11. The second-order valence-electron chi connectivity index (χ2n) is 10.6. The Labute approximate surface area is 244 Å². The minimum Gasteiger partial charge on any atom is -0.493 e. The second kappa shape index (κ2) is 13.7. The van der Waals surface area contributed by atoms with Gasteiger partial charge in [0.2, 0.25) is 23.6 Å². The van der Waals surface area contributed by atoms with E-state index in [1.807, 2.05) is 20.8 Å². The summed E-state index contributed by atoms with van der Waals surface area (Å²) in [5.41, 5.74) is 0.609. The van der Waals surface area contributed by atoms with E-state index in [0.29, 0.717) is 28.4 Å². The lowest BCUT2D eigenvalue weighted by molar-refractivity contribution is -0.128. The maximum Gasteiger partial charge on any atom is 0.248 e. The maximum absolute atomic E-state index is 14.0. The molecular formula is C30H37N5O7. The molecule has 1 atom stereocenters. The van der Waals surface area contributed by atoms with E-state index >= 15 is 0 Å². The second-order valence-corrected chi connectivity index (χ2v) is 10.6. The summed E-state index contributed by atoms with van der Waals surface area (Å²) in [6, 6.07) is 11.9. The van der Waals surface area contributed by atoms with Crippen molar-refractivity contribution >= 4 is 40.8 Å². The fraction of sp³-hybridized carbons (Fsp3) is 0.367. The molecule has 0 bridgehead atoms. The molecule has 4 amide bonds. The molecule has 1 heterocycles. The first-order valence-electron chi connectivity index (χ1n) is 13.3. The SMILES string of the molecule is COc1cccc([C@H](C(=O)NC(C)(C)C)N(C(=O)CCC(=O)Nc2cc(C)on2)c2ccc(NC(C)=O)cc2)c1OC. The van der Waals surface area contributed by atoms with Crippen LogP contribution in [0.3, 0.4) is 0 Å². The summed E-state index contributed by atoms with van der Waals surface area (Å²) < 4.78 is 16.1. The molecule has 3 rings (SSSR count). The van der Waals surface area contributed by atoms with Crippen LogP contribution in [-0.4, -0.2) is 48.5 Å². The Morgan fingerprint density at radius 2 is 1.67 bits per heavy atom. The summed E-state index contributed by atoms with van der Waals surface area (Å²) in [6.45, 7) is 8.56. The van der Waals surface area contributed by atoms with Crippen LogP contribution < -0.4 is 30.3 Å². The van der Waals surface area contributed by atoms with Crippen LogP contribution in [0.5, 0.6) is 11.5 Å². The Morgan fingerprint density at radius 3 is 2.21 bits per heavy atom. The summed E-state index contributed by atoms with van der Waals surface area (Å²) in [4.78, 5) is 53.5. The number of carbonyl (C=O) groups excluding carboxylic acids is 4. The predicted octanol–water partition coefficient (Wildman–Crippen LogP) is 4.37. The van der Waals surface area contributed by atoms with Gasteiger partial charge in [-0.15, -0.1) is 0 Å². The molecule has 0 fully saturated rings. The zero-order valence-corrected chi connectivity index (χ0v) is 24.9. The number of methoxy groups -OCH3 is 2. The molecule has 1 aromatic heterocycles. The van der Waals surface area contributed by atoms with Crippen LogP contribution in [0.1, 0.15) is 57.9 Å². The summed E-state index contributed by atoms with van der Waals surface area (Å²) in [5.74, 6) is -0.280. The molecule has 3 aromatic rings. The van der Waals surface area contributed by atoms with Gasteiger partial charge in [0.1, 0.15) is 11.8 Å². The van der Waals surface area contributed by atoms with Crippen molar-refractivity contribution in [3.8, 4) is 11.5 Å². The van der Waals surface area contributed by atoms with E-state index in [-0.39, 0.29) is 30.3 Å². The topological polar surface area (TPSA) is 152 Å². The standard InChI is InChI=1S/C30H37N5O7/c1-18-17-24(34-42-18)32-25(37)15-16-26(38)35(21-13-11-20(12-14-21)31-19(2)36)27(29(39)33-30(3,4)5)22-9-8-10-23(40-6)28(22)41-7/h8-14,17,27H,15-16H2,1-7H3,(H,31,36)(H,33,39)(H,32,34,37)/t27-/m1/s1. The van der Waals surface area contributed by atoms with Crippen molar-refractivity contribution in [3.05, 3.63) is 59.9 Å². The van der Waals surface area contributed by atoms with Crippen LogP contribution in [0.4, 0.5) is 17.2 Å². The average molecular weight is 580 g/mol.